The Bertz CT molecular complexity index is 715. The Morgan fingerprint density at radius 1 is 1.22 bits per heavy atom. The van der Waals surface area contributed by atoms with Crippen LogP contribution in [0.15, 0.2) is 44.5 Å². The number of hydrogen-bond acceptors (Lipinski definition) is 3. The predicted octanol–water partition coefficient (Wildman–Crippen LogP) is 0.986. The van der Waals surface area contributed by atoms with Crippen LogP contribution < -0.4 is 11.2 Å². The molecule has 0 saturated heterocycles. The minimum Gasteiger partial charge on any atom is -0.477 e. The molecule has 0 spiro atoms. The standard InChI is InChI=1S/C11H7BrN2O4/c12-6-1-3-7(4-2-6)14-9(15)8(10(16)17)5-13-11(14)18/h1-5H,(H,13,18)(H,16,17). The first-order valence-electron chi connectivity index (χ1n) is 4.84. The molecule has 1 heterocycles. The lowest BCUT2D eigenvalue weighted by Crippen LogP contribution is -2.36. The van der Waals surface area contributed by atoms with E-state index in [0.29, 0.717) is 5.69 Å². The van der Waals surface area contributed by atoms with E-state index in [1.54, 1.807) is 12.1 Å². The molecule has 0 bridgehead atoms. The number of hydrogen-bond donors (Lipinski definition) is 2. The lowest BCUT2D eigenvalue weighted by Gasteiger charge is -2.05. The summed E-state index contributed by atoms with van der Waals surface area (Å²) in [5.74, 6) is -1.39. The summed E-state index contributed by atoms with van der Waals surface area (Å²) in [6, 6.07) is 6.36. The fourth-order valence-electron chi connectivity index (χ4n) is 1.45. The van der Waals surface area contributed by atoms with Gasteiger partial charge in [0.25, 0.3) is 5.56 Å². The molecule has 0 aliphatic rings. The molecule has 0 aliphatic heterocycles. The molecular weight excluding hydrogens is 304 g/mol. The number of halogens is 1. The molecule has 2 N–H and O–H groups in total. The van der Waals surface area contributed by atoms with Crippen molar-refractivity contribution < 1.29 is 9.90 Å². The molecule has 1 aromatic heterocycles. The van der Waals surface area contributed by atoms with E-state index in [4.69, 9.17) is 5.11 Å². The zero-order valence-corrected chi connectivity index (χ0v) is 10.5. The Morgan fingerprint density at radius 2 is 1.83 bits per heavy atom. The van der Waals surface area contributed by atoms with Crippen molar-refractivity contribution in [3.63, 3.8) is 0 Å². The molecule has 6 nitrogen and oxygen atoms in total. The number of nitrogens with one attached hydrogen (secondary N) is 1. The molecule has 2 aromatic rings. The number of H-pyrrole nitrogens is 1. The first-order valence-corrected chi connectivity index (χ1v) is 5.64. The monoisotopic (exact) mass is 310 g/mol. The molecule has 0 unspecified atom stereocenters. The van der Waals surface area contributed by atoms with E-state index in [1.807, 2.05) is 0 Å². The number of aromatic nitrogens is 2. The smallest absolute Gasteiger partial charge is 0.342 e. The molecule has 0 saturated carbocycles. The minimum atomic E-state index is -1.39. The van der Waals surface area contributed by atoms with Gasteiger partial charge in [-0.3, -0.25) is 4.79 Å². The second-order valence-electron chi connectivity index (χ2n) is 3.43. The van der Waals surface area contributed by atoms with Gasteiger partial charge in [0.1, 0.15) is 5.56 Å². The van der Waals surface area contributed by atoms with E-state index in [2.05, 4.69) is 20.9 Å². The van der Waals surface area contributed by atoms with Gasteiger partial charge >= 0.3 is 11.7 Å². The van der Waals surface area contributed by atoms with Gasteiger partial charge in [-0.25, -0.2) is 14.2 Å². The second kappa shape index (κ2) is 4.61. The van der Waals surface area contributed by atoms with Gasteiger partial charge in [0, 0.05) is 10.7 Å². The molecule has 0 amide bonds. The van der Waals surface area contributed by atoms with Crippen LogP contribution in [-0.4, -0.2) is 20.6 Å². The Morgan fingerprint density at radius 3 is 2.39 bits per heavy atom. The minimum absolute atomic E-state index is 0.299. The molecule has 7 heteroatoms. The average molecular weight is 311 g/mol. The highest BCUT2D eigenvalue weighted by atomic mass is 79.9. The zero-order valence-electron chi connectivity index (χ0n) is 8.88. The number of aromatic carboxylic acids is 1. The third kappa shape index (κ3) is 2.12. The van der Waals surface area contributed by atoms with Gasteiger partial charge in [-0.05, 0) is 24.3 Å². The lowest BCUT2D eigenvalue weighted by atomic mass is 10.3. The fourth-order valence-corrected chi connectivity index (χ4v) is 1.72. The quantitative estimate of drug-likeness (QED) is 0.865. The summed E-state index contributed by atoms with van der Waals surface area (Å²) in [6.07, 6.45) is 0.891. The van der Waals surface area contributed by atoms with Gasteiger partial charge in [0.2, 0.25) is 0 Å². The number of carbonyl (C=O) groups is 1. The lowest BCUT2D eigenvalue weighted by molar-refractivity contribution is 0.0694. The molecule has 0 aliphatic carbocycles. The highest BCUT2D eigenvalue weighted by molar-refractivity contribution is 9.10. The number of aromatic amines is 1. The molecule has 2 rings (SSSR count). The SMILES string of the molecule is O=C(O)c1c[nH]c(=O)n(-c2ccc(Br)cc2)c1=O. The van der Waals surface area contributed by atoms with Crippen LogP contribution in [0.5, 0.6) is 0 Å². The highest BCUT2D eigenvalue weighted by Gasteiger charge is 2.14. The van der Waals surface area contributed by atoms with Crippen molar-refractivity contribution in [3.8, 4) is 5.69 Å². The number of nitrogens with zero attached hydrogens (tertiary/aromatic N) is 1. The van der Waals surface area contributed by atoms with E-state index in [1.165, 1.54) is 12.1 Å². The summed E-state index contributed by atoms with van der Waals surface area (Å²) < 4.78 is 1.56. The average Bonchev–Trinajstić information content (AvgIpc) is 2.31. The van der Waals surface area contributed by atoms with Crippen molar-refractivity contribution in [3.05, 3.63) is 61.3 Å². The first-order chi connectivity index (χ1) is 8.50. The van der Waals surface area contributed by atoms with Crippen molar-refractivity contribution in [2.45, 2.75) is 0 Å². The maximum Gasteiger partial charge on any atom is 0.342 e. The van der Waals surface area contributed by atoms with Crippen molar-refractivity contribution in [2.24, 2.45) is 0 Å². The Hall–Kier alpha value is -2.15. The van der Waals surface area contributed by atoms with Gasteiger partial charge in [0.05, 0.1) is 5.69 Å². The number of rotatable bonds is 2. The fraction of sp³-hybridized carbons (Fsp3) is 0. The van der Waals surface area contributed by atoms with Gasteiger partial charge in [-0.1, -0.05) is 15.9 Å². The number of benzene rings is 1. The van der Waals surface area contributed by atoms with Crippen LogP contribution in [0.2, 0.25) is 0 Å². The van der Waals surface area contributed by atoms with Crippen LogP contribution in [-0.2, 0) is 0 Å². The Balaban J connectivity index is 2.75. The van der Waals surface area contributed by atoms with Crippen LogP contribution in [0, 0.1) is 0 Å². The molecule has 0 radical (unpaired) electrons. The number of carboxylic acid groups (broad SMARTS) is 1. The summed E-state index contributed by atoms with van der Waals surface area (Å²) in [5.41, 5.74) is -1.74. The van der Waals surface area contributed by atoms with Gasteiger partial charge in [-0.15, -0.1) is 0 Å². The molecule has 92 valence electrons. The Kier molecular flexibility index (Phi) is 3.15. The predicted molar refractivity (Wildman–Crippen MR) is 67.3 cm³/mol. The third-order valence-electron chi connectivity index (χ3n) is 2.29. The third-order valence-corrected chi connectivity index (χ3v) is 2.82. The van der Waals surface area contributed by atoms with Crippen LogP contribution in [0.25, 0.3) is 5.69 Å². The van der Waals surface area contributed by atoms with Gasteiger partial charge in [-0.2, -0.15) is 0 Å². The van der Waals surface area contributed by atoms with Gasteiger partial charge in [0.15, 0.2) is 0 Å². The van der Waals surface area contributed by atoms with Crippen LogP contribution in [0.3, 0.4) is 0 Å². The van der Waals surface area contributed by atoms with Crippen molar-refractivity contribution in [2.75, 3.05) is 0 Å². The second-order valence-corrected chi connectivity index (χ2v) is 4.35. The molecule has 1 aromatic carbocycles. The summed E-state index contributed by atoms with van der Waals surface area (Å²) in [6.45, 7) is 0. The van der Waals surface area contributed by atoms with E-state index in [-0.39, 0.29) is 0 Å². The normalized spacial score (nSPS) is 10.3. The first kappa shape index (κ1) is 12.3. The molecule has 0 fully saturated rings. The van der Waals surface area contributed by atoms with Crippen molar-refractivity contribution >= 4 is 21.9 Å². The Labute approximate surface area is 109 Å². The summed E-state index contributed by atoms with van der Waals surface area (Å²) in [4.78, 5) is 36.5. The van der Waals surface area contributed by atoms with Crippen molar-refractivity contribution in [1.82, 2.24) is 9.55 Å². The number of carboxylic acids is 1. The van der Waals surface area contributed by atoms with Crippen LogP contribution in [0.1, 0.15) is 10.4 Å². The summed E-state index contributed by atoms with van der Waals surface area (Å²) in [7, 11) is 0. The maximum absolute atomic E-state index is 11.9. The van der Waals surface area contributed by atoms with E-state index in [9.17, 15) is 14.4 Å². The summed E-state index contributed by atoms with van der Waals surface area (Å²) in [5, 5.41) is 8.83. The van der Waals surface area contributed by atoms with E-state index in [0.717, 1.165) is 15.2 Å². The van der Waals surface area contributed by atoms with Gasteiger partial charge < -0.3 is 10.1 Å². The van der Waals surface area contributed by atoms with Crippen molar-refractivity contribution in [1.29, 1.82) is 0 Å². The highest BCUT2D eigenvalue weighted by Crippen LogP contribution is 2.11. The molecule has 18 heavy (non-hydrogen) atoms. The maximum atomic E-state index is 11.9. The summed E-state index contributed by atoms with van der Waals surface area (Å²) >= 11 is 3.23. The molecule has 0 atom stereocenters. The van der Waals surface area contributed by atoms with E-state index < -0.39 is 22.8 Å². The topological polar surface area (TPSA) is 92.2 Å². The van der Waals surface area contributed by atoms with Crippen LogP contribution in [0.4, 0.5) is 0 Å². The van der Waals surface area contributed by atoms with Crippen LogP contribution >= 0.6 is 15.9 Å². The van der Waals surface area contributed by atoms with E-state index >= 15 is 0 Å². The molecular formula is C11H7BrN2O4. The largest absolute Gasteiger partial charge is 0.477 e. The zero-order chi connectivity index (χ0) is 13.3.